The Kier molecular flexibility index (Phi) is 2.89. The number of nitrogens with zero attached hydrogens (tertiary/aromatic N) is 3. The summed E-state index contributed by atoms with van der Waals surface area (Å²) in [4.78, 5) is 10.1. The van der Waals surface area contributed by atoms with E-state index in [0.29, 0.717) is 0 Å². The molecular formula is C9H5F4N3O2. The van der Waals surface area contributed by atoms with Gasteiger partial charge in [-0.25, -0.2) is 4.98 Å². The van der Waals surface area contributed by atoms with Crippen molar-refractivity contribution in [3.8, 4) is 17.6 Å². The van der Waals surface area contributed by atoms with Gasteiger partial charge in [0.1, 0.15) is 6.26 Å². The van der Waals surface area contributed by atoms with E-state index in [-0.39, 0.29) is 5.89 Å². The molecule has 0 aliphatic rings. The second-order valence-electron chi connectivity index (χ2n) is 3.06. The first-order valence-electron chi connectivity index (χ1n) is 4.52. The summed E-state index contributed by atoms with van der Waals surface area (Å²) >= 11 is 0. The lowest BCUT2D eigenvalue weighted by atomic mass is 10.3. The lowest BCUT2D eigenvalue weighted by Gasteiger charge is -2.11. The number of aromatic nitrogens is 3. The third kappa shape index (κ3) is 2.11. The van der Waals surface area contributed by atoms with Crippen LogP contribution in [0.15, 0.2) is 16.9 Å². The van der Waals surface area contributed by atoms with E-state index in [1.165, 1.54) is 6.20 Å². The number of halogens is 4. The molecule has 0 aliphatic carbocycles. The number of hydrogen-bond acceptors (Lipinski definition) is 5. The van der Waals surface area contributed by atoms with Gasteiger partial charge >= 0.3 is 6.18 Å². The second-order valence-corrected chi connectivity index (χ2v) is 3.06. The molecule has 9 heteroatoms. The molecule has 0 saturated heterocycles. The lowest BCUT2D eigenvalue weighted by molar-refractivity contribution is -0.142. The zero-order valence-electron chi connectivity index (χ0n) is 8.82. The summed E-state index contributed by atoms with van der Waals surface area (Å²) in [5.41, 5.74) is -1.67. The monoisotopic (exact) mass is 263 g/mol. The Labute approximate surface area is 97.4 Å². The van der Waals surface area contributed by atoms with Crippen LogP contribution in [0.3, 0.4) is 0 Å². The summed E-state index contributed by atoms with van der Waals surface area (Å²) in [6.45, 7) is 0. The molecule has 0 bridgehead atoms. The largest absolute Gasteiger partial charge is 0.480 e. The van der Waals surface area contributed by atoms with E-state index >= 15 is 0 Å². The summed E-state index contributed by atoms with van der Waals surface area (Å²) < 4.78 is 60.1. The molecule has 0 aromatic carbocycles. The summed E-state index contributed by atoms with van der Waals surface area (Å²) in [5.74, 6) is -3.31. The van der Waals surface area contributed by atoms with Gasteiger partial charge in [-0.3, -0.25) is 0 Å². The molecule has 2 heterocycles. The van der Waals surface area contributed by atoms with Crippen molar-refractivity contribution < 1.29 is 26.7 Å². The molecule has 0 radical (unpaired) electrons. The highest BCUT2D eigenvalue weighted by Crippen LogP contribution is 2.37. The molecule has 5 nitrogen and oxygen atoms in total. The average Bonchev–Trinajstić information content (AvgIpc) is 2.79. The third-order valence-corrected chi connectivity index (χ3v) is 1.93. The fraction of sp³-hybridized carbons (Fsp3) is 0.222. The summed E-state index contributed by atoms with van der Waals surface area (Å²) in [6.07, 6.45) is -2.58. The van der Waals surface area contributed by atoms with Crippen molar-refractivity contribution in [3.63, 3.8) is 0 Å². The minimum absolute atomic E-state index is 0.207. The standard InChI is InChI=1S/C9H5F4N3O2/c1-17-7-4(9(11,12)13)5(10)15-6(16-7)8-14-2-3-18-8/h2-3H,1H3. The SMILES string of the molecule is COc1nc(-c2ncco2)nc(F)c1C(F)(F)F. The van der Waals surface area contributed by atoms with Crippen LogP contribution in [-0.4, -0.2) is 22.1 Å². The highest BCUT2D eigenvalue weighted by atomic mass is 19.4. The summed E-state index contributed by atoms with van der Waals surface area (Å²) in [7, 11) is 0.941. The minimum Gasteiger partial charge on any atom is -0.480 e. The number of rotatable bonds is 2. The van der Waals surface area contributed by atoms with Gasteiger partial charge in [0.15, 0.2) is 5.56 Å². The maximum absolute atomic E-state index is 13.4. The Balaban J connectivity index is 2.61. The van der Waals surface area contributed by atoms with E-state index in [9.17, 15) is 17.6 Å². The molecule has 0 fully saturated rings. The molecule has 0 aliphatic heterocycles. The average molecular weight is 263 g/mol. The van der Waals surface area contributed by atoms with Gasteiger partial charge in [0.05, 0.1) is 13.3 Å². The normalized spacial score (nSPS) is 11.6. The van der Waals surface area contributed by atoms with Crippen molar-refractivity contribution in [1.82, 2.24) is 15.0 Å². The van der Waals surface area contributed by atoms with Crippen molar-refractivity contribution in [2.45, 2.75) is 6.18 Å². The van der Waals surface area contributed by atoms with Crippen molar-refractivity contribution in [2.24, 2.45) is 0 Å². The van der Waals surface area contributed by atoms with E-state index in [1.54, 1.807) is 0 Å². The zero-order valence-corrected chi connectivity index (χ0v) is 8.82. The first-order valence-corrected chi connectivity index (χ1v) is 4.52. The lowest BCUT2D eigenvalue weighted by Crippen LogP contribution is -2.14. The van der Waals surface area contributed by atoms with E-state index < -0.39 is 29.4 Å². The Morgan fingerprint density at radius 1 is 1.28 bits per heavy atom. The van der Waals surface area contributed by atoms with Gasteiger partial charge in [0, 0.05) is 0 Å². The molecule has 0 saturated carbocycles. The van der Waals surface area contributed by atoms with Crippen LogP contribution in [0.1, 0.15) is 5.56 Å². The second kappa shape index (κ2) is 4.24. The van der Waals surface area contributed by atoms with E-state index in [2.05, 4.69) is 19.7 Å². The van der Waals surface area contributed by atoms with Crippen molar-refractivity contribution >= 4 is 0 Å². The smallest absolute Gasteiger partial charge is 0.426 e. The first-order chi connectivity index (χ1) is 8.43. The molecule has 18 heavy (non-hydrogen) atoms. The fourth-order valence-corrected chi connectivity index (χ4v) is 1.23. The van der Waals surface area contributed by atoms with Crippen LogP contribution in [0.4, 0.5) is 17.6 Å². The summed E-state index contributed by atoms with van der Waals surface area (Å²) in [6, 6.07) is 0. The van der Waals surface area contributed by atoms with Crippen LogP contribution < -0.4 is 4.74 Å². The van der Waals surface area contributed by atoms with Gasteiger partial charge in [-0.05, 0) is 0 Å². The van der Waals surface area contributed by atoms with E-state index in [1.807, 2.05) is 0 Å². The molecule has 0 unspecified atom stereocenters. The number of methoxy groups -OCH3 is 1. The van der Waals surface area contributed by atoms with Crippen LogP contribution in [-0.2, 0) is 6.18 Å². The Hall–Kier alpha value is -2.19. The van der Waals surface area contributed by atoms with Gasteiger partial charge in [-0.15, -0.1) is 0 Å². The van der Waals surface area contributed by atoms with Crippen LogP contribution in [0, 0.1) is 5.95 Å². The Morgan fingerprint density at radius 3 is 2.50 bits per heavy atom. The minimum atomic E-state index is -4.95. The van der Waals surface area contributed by atoms with Crippen molar-refractivity contribution in [3.05, 3.63) is 24.0 Å². The maximum Gasteiger partial charge on any atom is 0.426 e. The first kappa shape index (κ1) is 12.3. The molecule has 2 aromatic heterocycles. The highest BCUT2D eigenvalue weighted by molar-refractivity contribution is 5.43. The number of alkyl halides is 3. The quantitative estimate of drug-likeness (QED) is 0.614. The van der Waals surface area contributed by atoms with Crippen molar-refractivity contribution in [1.29, 1.82) is 0 Å². The molecule has 96 valence electrons. The van der Waals surface area contributed by atoms with Gasteiger partial charge in [0.2, 0.25) is 17.7 Å². The van der Waals surface area contributed by atoms with Gasteiger partial charge < -0.3 is 9.15 Å². The Morgan fingerprint density at radius 2 is 2.00 bits per heavy atom. The molecule has 2 aromatic rings. The van der Waals surface area contributed by atoms with Gasteiger partial charge in [-0.1, -0.05) is 0 Å². The van der Waals surface area contributed by atoms with Crippen LogP contribution >= 0.6 is 0 Å². The molecule has 2 rings (SSSR count). The third-order valence-electron chi connectivity index (χ3n) is 1.93. The van der Waals surface area contributed by atoms with Gasteiger partial charge in [-0.2, -0.15) is 27.5 Å². The van der Waals surface area contributed by atoms with Crippen molar-refractivity contribution in [2.75, 3.05) is 7.11 Å². The van der Waals surface area contributed by atoms with Crippen LogP contribution in [0.25, 0.3) is 11.7 Å². The maximum atomic E-state index is 13.4. The molecule has 0 N–H and O–H groups in total. The zero-order chi connectivity index (χ0) is 13.3. The molecule has 0 amide bonds. The predicted molar refractivity (Wildman–Crippen MR) is 49.0 cm³/mol. The topological polar surface area (TPSA) is 61.0 Å². The number of hydrogen-bond donors (Lipinski definition) is 0. The fourth-order valence-electron chi connectivity index (χ4n) is 1.23. The summed E-state index contributed by atoms with van der Waals surface area (Å²) in [5, 5.41) is 0. The van der Waals surface area contributed by atoms with Crippen LogP contribution in [0.5, 0.6) is 5.88 Å². The van der Waals surface area contributed by atoms with Crippen LogP contribution in [0.2, 0.25) is 0 Å². The predicted octanol–water partition coefficient (Wildman–Crippen LogP) is 2.30. The van der Waals surface area contributed by atoms with E-state index in [0.717, 1.165) is 13.4 Å². The highest BCUT2D eigenvalue weighted by Gasteiger charge is 2.40. The molecule has 0 spiro atoms. The number of oxazole rings is 1. The van der Waals surface area contributed by atoms with Gasteiger partial charge in [0.25, 0.3) is 5.89 Å². The Bertz CT molecular complexity index is 554. The molecule has 0 atom stereocenters. The number of ether oxygens (including phenoxy) is 1. The van der Waals surface area contributed by atoms with E-state index in [4.69, 9.17) is 4.42 Å². The molecular weight excluding hydrogens is 258 g/mol.